The van der Waals surface area contributed by atoms with Gasteiger partial charge in [-0.3, -0.25) is 9.59 Å². The predicted molar refractivity (Wildman–Crippen MR) is 87.8 cm³/mol. The van der Waals surface area contributed by atoms with Crippen LogP contribution in [0.4, 0.5) is 0 Å². The summed E-state index contributed by atoms with van der Waals surface area (Å²) in [5.41, 5.74) is 1.38. The zero-order valence-corrected chi connectivity index (χ0v) is 14.1. The van der Waals surface area contributed by atoms with Crippen LogP contribution < -0.4 is 5.32 Å². The number of rotatable bonds is 7. The molecule has 0 aliphatic rings. The number of carbonyl (C=O) groups is 2. The van der Waals surface area contributed by atoms with E-state index in [1.807, 2.05) is 58.9 Å². The van der Waals surface area contributed by atoms with Crippen molar-refractivity contribution in [3.05, 3.63) is 35.4 Å². The SMILES string of the molecule is Cc1ccc(C(C)(C)C(=O)NCC(CC(C)C)C(=O)O)cc1. The summed E-state index contributed by atoms with van der Waals surface area (Å²) in [6.45, 7) is 9.83. The molecule has 1 atom stereocenters. The van der Waals surface area contributed by atoms with E-state index in [2.05, 4.69) is 5.32 Å². The molecule has 1 rings (SSSR count). The molecule has 0 saturated heterocycles. The topological polar surface area (TPSA) is 66.4 Å². The highest BCUT2D eigenvalue weighted by Gasteiger charge is 2.30. The summed E-state index contributed by atoms with van der Waals surface area (Å²) in [4.78, 5) is 23.7. The van der Waals surface area contributed by atoms with E-state index in [0.29, 0.717) is 6.42 Å². The van der Waals surface area contributed by atoms with Gasteiger partial charge in [0, 0.05) is 6.54 Å². The molecule has 4 nitrogen and oxygen atoms in total. The standard InChI is InChI=1S/C18H27NO3/c1-12(2)10-14(16(20)21)11-19-17(22)18(4,5)15-8-6-13(3)7-9-15/h6-9,12,14H,10-11H2,1-5H3,(H,19,22)(H,20,21). The average Bonchev–Trinajstić information content (AvgIpc) is 2.42. The van der Waals surface area contributed by atoms with Crippen molar-refractivity contribution in [3.8, 4) is 0 Å². The van der Waals surface area contributed by atoms with Crippen molar-refractivity contribution in [2.75, 3.05) is 6.54 Å². The molecule has 0 bridgehead atoms. The lowest BCUT2D eigenvalue weighted by Crippen LogP contribution is -2.43. The first kappa shape index (κ1) is 18.2. The lowest BCUT2D eigenvalue weighted by atomic mass is 9.83. The molecule has 4 heteroatoms. The van der Waals surface area contributed by atoms with Gasteiger partial charge in [-0.1, -0.05) is 43.7 Å². The Labute approximate surface area is 132 Å². The van der Waals surface area contributed by atoms with Crippen LogP contribution in [0.5, 0.6) is 0 Å². The number of benzene rings is 1. The minimum Gasteiger partial charge on any atom is -0.481 e. The summed E-state index contributed by atoms with van der Waals surface area (Å²) in [5.74, 6) is -1.27. The Morgan fingerprint density at radius 3 is 2.18 bits per heavy atom. The molecule has 0 aliphatic heterocycles. The van der Waals surface area contributed by atoms with Crippen LogP contribution in [-0.2, 0) is 15.0 Å². The van der Waals surface area contributed by atoms with E-state index in [4.69, 9.17) is 0 Å². The Kier molecular flexibility index (Phi) is 6.15. The maximum Gasteiger partial charge on any atom is 0.308 e. The van der Waals surface area contributed by atoms with Gasteiger partial charge in [0.2, 0.25) is 5.91 Å². The number of carboxylic acid groups (broad SMARTS) is 1. The largest absolute Gasteiger partial charge is 0.481 e. The number of carboxylic acids is 1. The molecule has 1 aromatic rings. The first-order chi connectivity index (χ1) is 10.1. The van der Waals surface area contributed by atoms with Crippen molar-refractivity contribution in [1.82, 2.24) is 5.32 Å². The van der Waals surface area contributed by atoms with Crippen LogP contribution in [-0.4, -0.2) is 23.5 Å². The zero-order valence-electron chi connectivity index (χ0n) is 14.1. The Morgan fingerprint density at radius 2 is 1.73 bits per heavy atom. The molecule has 0 aliphatic carbocycles. The molecule has 0 saturated carbocycles. The summed E-state index contributed by atoms with van der Waals surface area (Å²) in [6.07, 6.45) is 0.556. The van der Waals surface area contributed by atoms with E-state index in [9.17, 15) is 14.7 Å². The predicted octanol–water partition coefficient (Wildman–Crippen LogP) is 3.14. The van der Waals surface area contributed by atoms with Gasteiger partial charge in [-0.05, 0) is 38.7 Å². The number of aryl methyl sites for hydroxylation is 1. The minimum atomic E-state index is -0.859. The van der Waals surface area contributed by atoms with Crippen LogP contribution >= 0.6 is 0 Å². The van der Waals surface area contributed by atoms with Gasteiger partial charge < -0.3 is 10.4 Å². The quantitative estimate of drug-likeness (QED) is 0.813. The van der Waals surface area contributed by atoms with Gasteiger partial charge in [0.25, 0.3) is 0 Å². The fourth-order valence-corrected chi connectivity index (χ4v) is 2.38. The highest BCUT2D eigenvalue weighted by Crippen LogP contribution is 2.24. The van der Waals surface area contributed by atoms with Crippen molar-refractivity contribution >= 4 is 11.9 Å². The summed E-state index contributed by atoms with van der Waals surface area (Å²) in [5, 5.41) is 12.0. The molecule has 1 unspecified atom stereocenters. The number of nitrogens with one attached hydrogen (secondary N) is 1. The second-order valence-corrected chi connectivity index (χ2v) is 6.87. The molecule has 0 spiro atoms. The molecule has 1 aromatic carbocycles. The smallest absolute Gasteiger partial charge is 0.308 e. The molecule has 0 aromatic heterocycles. The normalized spacial score (nSPS) is 13.0. The first-order valence-electron chi connectivity index (χ1n) is 7.72. The second kappa shape index (κ2) is 7.43. The van der Waals surface area contributed by atoms with Gasteiger partial charge in [0.05, 0.1) is 11.3 Å². The fourth-order valence-electron chi connectivity index (χ4n) is 2.38. The first-order valence-corrected chi connectivity index (χ1v) is 7.72. The van der Waals surface area contributed by atoms with Gasteiger partial charge in [0.1, 0.15) is 0 Å². The van der Waals surface area contributed by atoms with Crippen molar-refractivity contribution in [2.24, 2.45) is 11.8 Å². The molecular formula is C18H27NO3. The maximum atomic E-state index is 12.5. The Balaban J connectivity index is 2.74. The third-order valence-corrected chi connectivity index (χ3v) is 3.96. The van der Waals surface area contributed by atoms with Gasteiger partial charge in [-0.25, -0.2) is 0 Å². The molecule has 122 valence electrons. The van der Waals surface area contributed by atoms with Crippen molar-refractivity contribution in [1.29, 1.82) is 0 Å². The molecule has 22 heavy (non-hydrogen) atoms. The van der Waals surface area contributed by atoms with Crippen LogP contribution in [0, 0.1) is 18.8 Å². The van der Waals surface area contributed by atoms with Gasteiger partial charge in [-0.15, -0.1) is 0 Å². The summed E-state index contributed by atoms with van der Waals surface area (Å²) in [6, 6.07) is 7.84. The highest BCUT2D eigenvalue weighted by atomic mass is 16.4. The Hall–Kier alpha value is -1.84. The lowest BCUT2D eigenvalue weighted by Gasteiger charge is -2.25. The second-order valence-electron chi connectivity index (χ2n) is 6.87. The van der Waals surface area contributed by atoms with Crippen molar-refractivity contribution in [2.45, 2.75) is 46.5 Å². The molecule has 2 N–H and O–H groups in total. The third kappa shape index (κ3) is 4.86. The van der Waals surface area contributed by atoms with Gasteiger partial charge in [0.15, 0.2) is 0 Å². The average molecular weight is 305 g/mol. The Morgan fingerprint density at radius 1 is 1.18 bits per heavy atom. The van der Waals surface area contributed by atoms with Crippen LogP contribution in [0.1, 0.15) is 45.2 Å². The van der Waals surface area contributed by atoms with Crippen LogP contribution in [0.3, 0.4) is 0 Å². The fraction of sp³-hybridized carbons (Fsp3) is 0.556. The Bertz CT molecular complexity index is 518. The highest BCUT2D eigenvalue weighted by molar-refractivity contribution is 5.87. The third-order valence-electron chi connectivity index (χ3n) is 3.96. The summed E-state index contributed by atoms with van der Waals surface area (Å²) < 4.78 is 0. The summed E-state index contributed by atoms with van der Waals surface area (Å²) in [7, 11) is 0. The van der Waals surface area contributed by atoms with E-state index in [-0.39, 0.29) is 18.4 Å². The number of amides is 1. The van der Waals surface area contributed by atoms with E-state index in [1.165, 1.54) is 0 Å². The molecular weight excluding hydrogens is 278 g/mol. The zero-order chi connectivity index (χ0) is 16.9. The lowest BCUT2D eigenvalue weighted by molar-refractivity contribution is -0.142. The van der Waals surface area contributed by atoms with Gasteiger partial charge in [-0.2, -0.15) is 0 Å². The molecule has 0 heterocycles. The molecule has 0 radical (unpaired) electrons. The summed E-state index contributed by atoms with van der Waals surface area (Å²) >= 11 is 0. The maximum absolute atomic E-state index is 12.5. The number of carbonyl (C=O) groups excluding carboxylic acids is 1. The van der Waals surface area contributed by atoms with E-state index in [0.717, 1.165) is 11.1 Å². The number of hydrogen-bond donors (Lipinski definition) is 2. The van der Waals surface area contributed by atoms with Crippen LogP contribution in [0.25, 0.3) is 0 Å². The van der Waals surface area contributed by atoms with Gasteiger partial charge >= 0.3 is 5.97 Å². The number of aliphatic carboxylic acids is 1. The van der Waals surface area contributed by atoms with Crippen molar-refractivity contribution < 1.29 is 14.7 Å². The minimum absolute atomic E-state index is 0.147. The molecule has 1 amide bonds. The van der Waals surface area contributed by atoms with Crippen molar-refractivity contribution in [3.63, 3.8) is 0 Å². The van der Waals surface area contributed by atoms with E-state index >= 15 is 0 Å². The molecule has 0 fully saturated rings. The van der Waals surface area contributed by atoms with Crippen LogP contribution in [0.15, 0.2) is 24.3 Å². The van der Waals surface area contributed by atoms with E-state index in [1.54, 1.807) is 0 Å². The van der Waals surface area contributed by atoms with Crippen LogP contribution in [0.2, 0.25) is 0 Å². The monoisotopic (exact) mass is 305 g/mol. The van der Waals surface area contributed by atoms with E-state index < -0.39 is 17.3 Å². The number of hydrogen-bond acceptors (Lipinski definition) is 2.